The van der Waals surface area contributed by atoms with Gasteiger partial charge in [-0.3, -0.25) is 4.98 Å². The largest absolute Gasteiger partial charge is 0.264 e. The second-order valence-electron chi connectivity index (χ2n) is 2.31. The van der Waals surface area contributed by atoms with Crippen LogP contribution in [0.15, 0.2) is 30.7 Å². The van der Waals surface area contributed by atoms with Crippen molar-refractivity contribution in [3.8, 4) is 10.6 Å². The van der Waals surface area contributed by atoms with E-state index in [1.807, 2.05) is 24.5 Å². The highest BCUT2D eigenvalue weighted by Gasteiger charge is 2.00. The maximum atomic E-state index is 4.24. The van der Waals surface area contributed by atoms with E-state index >= 15 is 0 Å². The van der Waals surface area contributed by atoms with Gasteiger partial charge in [0.05, 0.1) is 0 Å². The first kappa shape index (κ1) is 7.84. The third kappa shape index (κ3) is 1.52. The van der Waals surface area contributed by atoms with Gasteiger partial charge in [-0.15, -0.1) is 11.3 Å². The minimum absolute atomic E-state index is 1.02. The SMILES string of the molecule is Pc1cnc(-c2cccnc2)s1. The van der Waals surface area contributed by atoms with Crippen LogP contribution in [0.2, 0.25) is 0 Å². The van der Waals surface area contributed by atoms with Gasteiger partial charge >= 0.3 is 0 Å². The Morgan fingerprint density at radius 1 is 1.33 bits per heavy atom. The van der Waals surface area contributed by atoms with Crippen molar-refractivity contribution in [3.63, 3.8) is 0 Å². The first-order valence-corrected chi connectivity index (χ1v) is 4.87. The van der Waals surface area contributed by atoms with Crippen LogP contribution in [0.25, 0.3) is 10.6 Å². The smallest absolute Gasteiger partial charge is 0.125 e. The van der Waals surface area contributed by atoms with Gasteiger partial charge in [-0.1, -0.05) is 9.24 Å². The van der Waals surface area contributed by atoms with Crippen molar-refractivity contribution < 1.29 is 0 Å². The number of nitrogens with zero attached hydrogens (tertiary/aromatic N) is 2. The molecular weight excluding hydrogens is 187 g/mol. The molecule has 1 unspecified atom stereocenters. The van der Waals surface area contributed by atoms with E-state index < -0.39 is 0 Å². The van der Waals surface area contributed by atoms with E-state index in [1.54, 1.807) is 17.5 Å². The molecule has 12 heavy (non-hydrogen) atoms. The highest BCUT2D eigenvalue weighted by Crippen LogP contribution is 2.19. The number of rotatable bonds is 1. The van der Waals surface area contributed by atoms with Gasteiger partial charge in [0.1, 0.15) is 5.01 Å². The Morgan fingerprint density at radius 2 is 2.25 bits per heavy atom. The van der Waals surface area contributed by atoms with Gasteiger partial charge in [-0.25, -0.2) is 4.98 Å². The van der Waals surface area contributed by atoms with Crippen LogP contribution in [-0.4, -0.2) is 9.97 Å². The zero-order valence-electron chi connectivity index (χ0n) is 6.27. The molecule has 2 rings (SSSR count). The summed E-state index contributed by atoms with van der Waals surface area (Å²) in [4.78, 5) is 8.27. The summed E-state index contributed by atoms with van der Waals surface area (Å²) in [6, 6.07) is 3.93. The Morgan fingerprint density at radius 3 is 2.83 bits per heavy atom. The van der Waals surface area contributed by atoms with Crippen molar-refractivity contribution >= 4 is 25.2 Å². The fourth-order valence-corrected chi connectivity index (χ4v) is 1.99. The number of thiazole rings is 1. The van der Waals surface area contributed by atoms with Gasteiger partial charge in [0.25, 0.3) is 0 Å². The summed E-state index contributed by atoms with van der Waals surface area (Å²) in [7, 11) is 2.64. The van der Waals surface area contributed by atoms with Crippen LogP contribution in [0.4, 0.5) is 0 Å². The molecule has 0 aliphatic carbocycles. The molecule has 2 aromatic rings. The van der Waals surface area contributed by atoms with Crippen LogP contribution in [0.3, 0.4) is 0 Å². The van der Waals surface area contributed by atoms with Gasteiger partial charge in [-0.2, -0.15) is 0 Å². The normalized spacial score (nSPS) is 10.1. The van der Waals surface area contributed by atoms with E-state index in [-0.39, 0.29) is 0 Å². The molecule has 0 spiro atoms. The number of pyridine rings is 1. The quantitative estimate of drug-likeness (QED) is 0.646. The minimum Gasteiger partial charge on any atom is -0.264 e. The van der Waals surface area contributed by atoms with E-state index in [2.05, 4.69) is 19.2 Å². The second kappa shape index (κ2) is 3.30. The number of hydrogen-bond acceptors (Lipinski definition) is 3. The molecule has 0 amide bonds. The Hall–Kier alpha value is -0.790. The van der Waals surface area contributed by atoms with Crippen LogP contribution < -0.4 is 4.62 Å². The standard InChI is InChI=1S/C8H7N2PS/c11-7-5-10-8(12-7)6-2-1-3-9-4-6/h1-5H,11H2. The maximum Gasteiger partial charge on any atom is 0.125 e. The predicted molar refractivity (Wildman–Crippen MR) is 54.7 cm³/mol. The van der Waals surface area contributed by atoms with Gasteiger partial charge in [0, 0.05) is 28.8 Å². The van der Waals surface area contributed by atoms with Crippen molar-refractivity contribution in [1.82, 2.24) is 9.97 Å². The van der Waals surface area contributed by atoms with Crippen LogP contribution >= 0.6 is 20.6 Å². The van der Waals surface area contributed by atoms with Crippen molar-refractivity contribution in [1.29, 1.82) is 0 Å². The molecule has 1 atom stereocenters. The minimum atomic E-state index is 1.02. The topological polar surface area (TPSA) is 25.8 Å². The molecule has 0 N–H and O–H groups in total. The molecule has 2 nitrogen and oxygen atoms in total. The lowest BCUT2D eigenvalue weighted by atomic mass is 10.3. The van der Waals surface area contributed by atoms with Crippen LogP contribution in [-0.2, 0) is 0 Å². The zero-order chi connectivity index (χ0) is 8.39. The monoisotopic (exact) mass is 194 g/mol. The first-order valence-electron chi connectivity index (χ1n) is 3.48. The summed E-state index contributed by atoms with van der Waals surface area (Å²) in [5, 5.41) is 1.02. The third-order valence-corrected chi connectivity index (χ3v) is 2.81. The van der Waals surface area contributed by atoms with Gasteiger partial charge in [0.15, 0.2) is 0 Å². The highest BCUT2D eigenvalue weighted by atomic mass is 32.1. The van der Waals surface area contributed by atoms with Gasteiger partial charge in [0.2, 0.25) is 0 Å². The molecule has 60 valence electrons. The molecule has 2 aromatic heterocycles. The fourth-order valence-electron chi connectivity index (χ4n) is 0.909. The summed E-state index contributed by atoms with van der Waals surface area (Å²) < 4.78 is 1.15. The summed E-state index contributed by atoms with van der Waals surface area (Å²) >= 11 is 1.65. The van der Waals surface area contributed by atoms with Crippen LogP contribution in [0.5, 0.6) is 0 Å². The van der Waals surface area contributed by atoms with Crippen molar-refractivity contribution in [2.75, 3.05) is 0 Å². The summed E-state index contributed by atoms with van der Waals surface area (Å²) in [5.41, 5.74) is 1.08. The van der Waals surface area contributed by atoms with E-state index in [4.69, 9.17) is 0 Å². The van der Waals surface area contributed by atoms with E-state index in [9.17, 15) is 0 Å². The van der Waals surface area contributed by atoms with Crippen molar-refractivity contribution in [2.45, 2.75) is 0 Å². The predicted octanol–water partition coefficient (Wildman–Crippen LogP) is 1.71. The fraction of sp³-hybridized carbons (Fsp3) is 0. The lowest BCUT2D eigenvalue weighted by Gasteiger charge is -1.91. The molecule has 0 bridgehead atoms. The molecule has 0 aliphatic heterocycles. The summed E-state index contributed by atoms with van der Waals surface area (Å²) in [6.45, 7) is 0. The average molecular weight is 194 g/mol. The van der Waals surface area contributed by atoms with Crippen LogP contribution in [0.1, 0.15) is 0 Å². The zero-order valence-corrected chi connectivity index (χ0v) is 8.24. The maximum absolute atomic E-state index is 4.24. The molecule has 0 aromatic carbocycles. The van der Waals surface area contributed by atoms with Gasteiger partial charge < -0.3 is 0 Å². The Kier molecular flexibility index (Phi) is 2.15. The van der Waals surface area contributed by atoms with Crippen molar-refractivity contribution in [3.05, 3.63) is 30.7 Å². The van der Waals surface area contributed by atoms with Crippen LogP contribution in [0, 0.1) is 0 Å². The second-order valence-corrected chi connectivity index (χ2v) is 4.41. The lowest BCUT2D eigenvalue weighted by molar-refractivity contribution is 1.31. The van der Waals surface area contributed by atoms with E-state index in [0.717, 1.165) is 15.2 Å². The molecular formula is C8H7N2PS. The highest BCUT2D eigenvalue weighted by molar-refractivity contribution is 7.44. The molecule has 0 radical (unpaired) electrons. The molecule has 4 heteroatoms. The molecule has 0 fully saturated rings. The Balaban J connectivity index is 2.45. The lowest BCUT2D eigenvalue weighted by Crippen LogP contribution is -1.75. The van der Waals surface area contributed by atoms with Gasteiger partial charge in [-0.05, 0) is 12.1 Å². The summed E-state index contributed by atoms with van der Waals surface area (Å²) in [6.07, 6.45) is 5.43. The Bertz CT molecular complexity index is 372. The van der Waals surface area contributed by atoms with E-state index in [1.165, 1.54) is 0 Å². The Labute approximate surface area is 76.9 Å². The average Bonchev–Trinajstić information content (AvgIpc) is 2.54. The van der Waals surface area contributed by atoms with Crippen molar-refractivity contribution in [2.24, 2.45) is 0 Å². The molecule has 0 saturated heterocycles. The van der Waals surface area contributed by atoms with E-state index in [0.29, 0.717) is 0 Å². The molecule has 0 saturated carbocycles. The molecule has 2 heterocycles. The summed E-state index contributed by atoms with van der Waals surface area (Å²) in [5.74, 6) is 0. The third-order valence-electron chi connectivity index (χ3n) is 1.43. The number of aromatic nitrogens is 2. The first-order chi connectivity index (χ1) is 5.86. The molecule has 0 aliphatic rings. The number of hydrogen-bond donors (Lipinski definition) is 0.